The lowest BCUT2D eigenvalue weighted by molar-refractivity contribution is -0.122. The number of aryl methyl sites for hydroxylation is 3. The summed E-state index contributed by atoms with van der Waals surface area (Å²) in [7, 11) is 0. The van der Waals surface area contributed by atoms with Gasteiger partial charge < -0.3 is 9.84 Å². The summed E-state index contributed by atoms with van der Waals surface area (Å²) in [6.07, 6.45) is 0. The molecule has 1 aromatic heterocycles. The highest BCUT2D eigenvalue weighted by Crippen LogP contribution is 2.26. The summed E-state index contributed by atoms with van der Waals surface area (Å²) in [5, 5.41) is 7.29. The van der Waals surface area contributed by atoms with E-state index in [-0.39, 0.29) is 11.9 Å². The van der Waals surface area contributed by atoms with E-state index in [1.165, 1.54) is 0 Å². The van der Waals surface area contributed by atoms with Crippen LogP contribution in [0.5, 0.6) is 0 Å². The summed E-state index contributed by atoms with van der Waals surface area (Å²) in [6.45, 7) is 10.1. The molecular weight excluding hydrogens is 388 g/mol. The highest BCUT2D eigenvalue weighted by Gasteiger charge is 2.31. The fourth-order valence-corrected chi connectivity index (χ4v) is 4.14. The second-order valence-electron chi connectivity index (χ2n) is 8.36. The summed E-state index contributed by atoms with van der Waals surface area (Å²) in [4.78, 5) is 18.1. The SMILES string of the molecule is Cc1ccc(C)c(NC(=O)C(c2ccccc2)N2CCN(Cc3cc(C)on3)CC2)c1. The van der Waals surface area contributed by atoms with Gasteiger partial charge in [0, 0.05) is 44.5 Å². The fourth-order valence-electron chi connectivity index (χ4n) is 4.14. The van der Waals surface area contributed by atoms with Gasteiger partial charge >= 0.3 is 0 Å². The number of nitrogens with one attached hydrogen (secondary N) is 1. The quantitative estimate of drug-likeness (QED) is 0.653. The van der Waals surface area contributed by atoms with Crippen molar-refractivity contribution >= 4 is 11.6 Å². The van der Waals surface area contributed by atoms with Crippen LogP contribution in [-0.4, -0.2) is 47.0 Å². The van der Waals surface area contributed by atoms with E-state index in [1.54, 1.807) is 0 Å². The first kappa shape index (κ1) is 21.3. The Kier molecular flexibility index (Phi) is 6.49. The van der Waals surface area contributed by atoms with Crippen molar-refractivity contribution in [2.75, 3.05) is 31.5 Å². The molecule has 1 atom stereocenters. The zero-order valence-corrected chi connectivity index (χ0v) is 18.5. The number of hydrogen-bond acceptors (Lipinski definition) is 5. The van der Waals surface area contributed by atoms with Gasteiger partial charge in [-0.05, 0) is 43.5 Å². The van der Waals surface area contributed by atoms with Gasteiger partial charge in [-0.3, -0.25) is 14.6 Å². The molecule has 2 heterocycles. The molecule has 4 rings (SSSR count). The lowest BCUT2D eigenvalue weighted by Gasteiger charge is -2.38. The van der Waals surface area contributed by atoms with Crippen LogP contribution in [0.1, 0.15) is 34.2 Å². The molecule has 6 nitrogen and oxygen atoms in total. The van der Waals surface area contributed by atoms with Crippen LogP contribution in [0.4, 0.5) is 5.69 Å². The van der Waals surface area contributed by atoms with Gasteiger partial charge in [-0.25, -0.2) is 0 Å². The molecule has 1 saturated heterocycles. The van der Waals surface area contributed by atoms with Crippen LogP contribution in [0.15, 0.2) is 59.1 Å². The number of nitrogens with zero attached hydrogens (tertiary/aromatic N) is 3. The number of rotatable bonds is 6. The fraction of sp³-hybridized carbons (Fsp3) is 0.360. The van der Waals surface area contributed by atoms with E-state index in [1.807, 2.05) is 69.3 Å². The maximum atomic E-state index is 13.5. The Bertz CT molecular complexity index is 1020. The van der Waals surface area contributed by atoms with Gasteiger partial charge in [-0.2, -0.15) is 0 Å². The number of carbonyl (C=O) groups excluding carboxylic acids is 1. The predicted molar refractivity (Wildman–Crippen MR) is 122 cm³/mol. The topological polar surface area (TPSA) is 61.6 Å². The molecular formula is C25H30N4O2. The standard InChI is InChI=1S/C25H30N4O2/c1-18-9-10-19(2)23(15-18)26-25(30)24(21-7-5-4-6-8-21)29-13-11-28(12-14-29)17-22-16-20(3)31-27-22/h4-10,15-16,24H,11-14,17H2,1-3H3,(H,26,30). The van der Waals surface area contributed by atoms with Gasteiger partial charge in [0.2, 0.25) is 5.91 Å². The summed E-state index contributed by atoms with van der Waals surface area (Å²) in [6, 6.07) is 17.9. The highest BCUT2D eigenvalue weighted by atomic mass is 16.5. The number of piperazine rings is 1. The Labute approximate surface area is 183 Å². The van der Waals surface area contributed by atoms with Crippen molar-refractivity contribution in [1.82, 2.24) is 15.0 Å². The van der Waals surface area contributed by atoms with E-state index in [2.05, 4.69) is 26.3 Å². The molecule has 1 aliphatic rings. The molecule has 1 fully saturated rings. The van der Waals surface area contributed by atoms with Crippen LogP contribution in [0.3, 0.4) is 0 Å². The van der Waals surface area contributed by atoms with E-state index in [4.69, 9.17) is 4.52 Å². The Balaban J connectivity index is 1.48. The molecule has 6 heteroatoms. The Morgan fingerprint density at radius 3 is 2.45 bits per heavy atom. The third-order valence-electron chi connectivity index (χ3n) is 5.85. The first-order chi connectivity index (χ1) is 15.0. The number of anilines is 1. The Morgan fingerprint density at radius 2 is 1.77 bits per heavy atom. The predicted octanol–water partition coefficient (Wildman–Crippen LogP) is 4.10. The minimum absolute atomic E-state index is 0.0143. The molecule has 2 aromatic carbocycles. The van der Waals surface area contributed by atoms with Crippen LogP contribution in [0.25, 0.3) is 0 Å². The van der Waals surface area contributed by atoms with Crippen molar-refractivity contribution in [2.45, 2.75) is 33.4 Å². The monoisotopic (exact) mass is 418 g/mol. The Hall–Kier alpha value is -2.96. The van der Waals surface area contributed by atoms with E-state index in [0.717, 1.165) is 66.6 Å². The van der Waals surface area contributed by atoms with Crippen LogP contribution >= 0.6 is 0 Å². The Morgan fingerprint density at radius 1 is 1.03 bits per heavy atom. The van der Waals surface area contributed by atoms with Gasteiger partial charge in [0.05, 0.1) is 5.69 Å². The van der Waals surface area contributed by atoms with Crippen LogP contribution < -0.4 is 5.32 Å². The summed E-state index contributed by atoms with van der Waals surface area (Å²) in [5.41, 5.74) is 5.06. The third kappa shape index (κ3) is 5.21. The molecule has 162 valence electrons. The number of carbonyl (C=O) groups is 1. The zero-order valence-electron chi connectivity index (χ0n) is 18.5. The highest BCUT2D eigenvalue weighted by molar-refractivity contribution is 5.96. The lowest BCUT2D eigenvalue weighted by atomic mass is 10.0. The molecule has 1 amide bonds. The van der Waals surface area contributed by atoms with E-state index >= 15 is 0 Å². The lowest BCUT2D eigenvalue weighted by Crippen LogP contribution is -2.49. The maximum absolute atomic E-state index is 13.5. The van der Waals surface area contributed by atoms with Crippen molar-refractivity contribution in [3.8, 4) is 0 Å². The number of hydrogen-bond donors (Lipinski definition) is 1. The van der Waals surface area contributed by atoms with Gasteiger partial charge in [0.1, 0.15) is 11.8 Å². The van der Waals surface area contributed by atoms with Gasteiger partial charge in [0.25, 0.3) is 0 Å². The first-order valence-electron chi connectivity index (χ1n) is 10.8. The van der Waals surface area contributed by atoms with Gasteiger partial charge in [-0.1, -0.05) is 47.6 Å². The normalized spacial score (nSPS) is 16.2. The zero-order chi connectivity index (χ0) is 21.8. The minimum atomic E-state index is -0.322. The molecule has 0 aliphatic carbocycles. The molecule has 1 aliphatic heterocycles. The van der Waals surface area contributed by atoms with Crippen molar-refractivity contribution < 1.29 is 9.32 Å². The second-order valence-corrected chi connectivity index (χ2v) is 8.36. The van der Waals surface area contributed by atoms with E-state index in [0.29, 0.717) is 0 Å². The van der Waals surface area contributed by atoms with Crippen LogP contribution in [-0.2, 0) is 11.3 Å². The molecule has 0 saturated carbocycles. The smallest absolute Gasteiger partial charge is 0.246 e. The van der Waals surface area contributed by atoms with Gasteiger partial charge in [0.15, 0.2) is 0 Å². The summed E-state index contributed by atoms with van der Waals surface area (Å²) >= 11 is 0. The summed E-state index contributed by atoms with van der Waals surface area (Å²) < 4.78 is 5.19. The summed E-state index contributed by atoms with van der Waals surface area (Å²) in [5.74, 6) is 0.848. The molecule has 1 N–H and O–H groups in total. The largest absolute Gasteiger partial charge is 0.361 e. The van der Waals surface area contributed by atoms with E-state index < -0.39 is 0 Å². The third-order valence-corrected chi connectivity index (χ3v) is 5.85. The number of aromatic nitrogens is 1. The van der Waals surface area contributed by atoms with Crippen LogP contribution in [0.2, 0.25) is 0 Å². The van der Waals surface area contributed by atoms with Crippen molar-refractivity contribution in [3.63, 3.8) is 0 Å². The molecule has 0 bridgehead atoms. The second kappa shape index (κ2) is 9.45. The molecule has 31 heavy (non-hydrogen) atoms. The van der Waals surface area contributed by atoms with Gasteiger partial charge in [-0.15, -0.1) is 0 Å². The first-order valence-corrected chi connectivity index (χ1v) is 10.8. The van der Waals surface area contributed by atoms with E-state index in [9.17, 15) is 4.79 Å². The molecule has 0 spiro atoms. The molecule has 1 unspecified atom stereocenters. The number of amides is 1. The minimum Gasteiger partial charge on any atom is -0.361 e. The van der Waals surface area contributed by atoms with Crippen molar-refractivity contribution in [1.29, 1.82) is 0 Å². The average molecular weight is 419 g/mol. The van der Waals surface area contributed by atoms with Crippen LogP contribution in [0, 0.1) is 20.8 Å². The molecule has 3 aromatic rings. The average Bonchev–Trinajstić information content (AvgIpc) is 3.17. The number of benzene rings is 2. The maximum Gasteiger partial charge on any atom is 0.246 e. The molecule has 0 radical (unpaired) electrons. The van der Waals surface area contributed by atoms with Crippen molar-refractivity contribution in [3.05, 3.63) is 82.7 Å². The van der Waals surface area contributed by atoms with Crippen molar-refractivity contribution in [2.24, 2.45) is 0 Å².